The van der Waals surface area contributed by atoms with E-state index in [-0.39, 0.29) is 11.3 Å². The summed E-state index contributed by atoms with van der Waals surface area (Å²) in [5.41, 5.74) is 5.41. The number of nitrogens with one attached hydrogen (secondary N) is 2. The van der Waals surface area contributed by atoms with Crippen LogP contribution in [0, 0.1) is 5.92 Å². The molecule has 0 aliphatic carbocycles. The molecular formula is C30H32Cl2N2O4S. The number of hydrogen-bond donors (Lipinski definition) is 2. The van der Waals surface area contributed by atoms with Gasteiger partial charge in [0.2, 0.25) is 0 Å². The van der Waals surface area contributed by atoms with Crippen LogP contribution >= 0.6 is 35.0 Å². The summed E-state index contributed by atoms with van der Waals surface area (Å²) >= 11 is 14.9. The second-order valence-corrected chi connectivity index (χ2v) is 12.6. The highest BCUT2D eigenvalue weighted by Crippen LogP contribution is 2.50. The fraction of sp³-hybridized carbons (Fsp3) is 0.333. The van der Waals surface area contributed by atoms with E-state index in [2.05, 4.69) is 29.0 Å². The van der Waals surface area contributed by atoms with Gasteiger partial charge in [-0.05, 0) is 75.1 Å². The zero-order chi connectivity index (χ0) is 28.2. The molecule has 0 spiro atoms. The summed E-state index contributed by atoms with van der Waals surface area (Å²) in [4.78, 5) is 30.5. The van der Waals surface area contributed by atoms with Crippen molar-refractivity contribution in [2.24, 2.45) is 5.92 Å². The van der Waals surface area contributed by atoms with Crippen molar-refractivity contribution in [3.8, 4) is 0 Å². The number of carbonyl (C=O) groups excluding carboxylic acids is 2. The van der Waals surface area contributed by atoms with Crippen molar-refractivity contribution in [2.75, 3.05) is 5.32 Å². The third-order valence-electron chi connectivity index (χ3n) is 6.19. The zero-order valence-corrected chi connectivity index (χ0v) is 24.6. The number of hydrogen-bond acceptors (Lipinski definition) is 6. The zero-order valence-electron chi connectivity index (χ0n) is 22.3. The first-order valence-corrected chi connectivity index (χ1v) is 14.4. The first-order chi connectivity index (χ1) is 18.5. The van der Waals surface area contributed by atoms with Gasteiger partial charge < -0.3 is 14.9 Å². The predicted octanol–water partition coefficient (Wildman–Crippen LogP) is 8.55. The van der Waals surface area contributed by atoms with Crippen molar-refractivity contribution < 1.29 is 19.2 Å². The minimum Gasteiger partial charge on any atom is -0.442 e. The van der Waals surface area contributed by atoms with E-state index < -0.39 is 23.6 Å². The van der Waals surface area contributed by atoms with Crippen molar-refractivity contribution in [3.63, 3.8) is 0 Å². The Kier molecular flexibility index (Phi) is 9.36. The standard InChI is InChI=1S/C30H32Cl2N2O4S/c1-18(28(35)38-34-29(36)37-30(2,3)4)15-19-13-14-24-21(16-19)26(39-20-9-6-5-7-10-20)17-25(33-24)27-22(31)11-8-12-23(27)32/h5-14,16,18,25-26,33H,15,17H2,1-4H3,(H,34,36)/t18-,25?,26?/m0/s1. The van der Waals surface area contributed by atoms with Gasteiger partial charge in [-0.2, -0.15) is 0 Å². The Bertz CT molecular complexity index is 1310. The first kappa shape index (κ1) is 29.1. The van der Waals surface area contributed by atoms with Gasteiger partial charge in [0, 0.05) is 31.4 Å². The van der Waals surface area contributed by atoms with Gasteiger partial charge in [-0.25, -0.2) is 9.59 Å². The number of amides is 1. The van der Waals surface area contributed by atoms with Crippen LogP contribution in [0.4, 0.5) is 10.5 Å². The van der Waals surface area contributed by atoms with Crippen LogP contribution in [-0.2, 0) is 20.8 Å². The lowest BCUT2D eigenvalue weighted by Crippen LogP contribution is -2.35. The summed E-state index contributed by atoms with van der Waals surface area (Å²) in [7, 11) is 0. The molecule has 9 heteroatoms. The van der Waals surface area contributed by atoms with Gasteiger partial charge in [0.15, 0.2) is 0 Å². The molecule has 3 aromatic rings. The molecule has 3 atom stereocenters. The molecule has 3 aromatic carbocycles. The summed E-state index contributed by atoms with van der Waals surface area (Å²) in [5.74, 6) is -1.02. The molecule has 1 aliphatic heterocycles. The second kappa shape index (κ2) is 12.5. The van der Waals surface area contributed by atoms with E-state index in [4.69, 9.17) is 32.8 Å². The average molecular weight is 588 g/mol. The van der Waals surface area contributed by atoms with Gasteiger partial charge in [0.25, 0.3) is 0 Å². The summed E-state index contributed by atoms with van der Waals surface area (Å²) in [6.45, 7) is 6.96. The maximum Gasteiger partial charge on any atom is 0.441 e. The minimum absolute atomic E-state index is 0.0569. The third-order valence-corrected chi connectivity index (χ3v) is 8.12. The maximum absolute atomic E-state index is 12.5. The number of benzene rings is 3. The number of rotatable bonds is 6. The Morgan fingerprint density at radius 2 is 1.74 bits per heavy atom. The fourth-order valence-electron chi connectivity index (χ4n) is 4.46. The monoisotopic (exact) mass is 586 g/mol. The second-order valence-electron chi connectivity index (χ2n) is 10.5. The molecule has 1 heterocycles. The van der Waals surface area contributed by atoms with Crippen LogP contribution in [0.3, 0.4) is 0 Å². The van der Waals surface area contributed by atoms with Gasteiger partial charge in [0.05, 0.1) is 12.0 Å². The number of anilines is 1. The SMILES string of the molecule is C[C@@H](Cc1ccc2c(c1)C(Sc1ccccc1)CC(c1c(Cl)cccc1Cl)N2)C(=O)ONC(=O)OC(C)(C)C. The average Bonchev–Trinajstić information content (AvgIpc) is 2.87. The topological polar surface area (TPSA) is 76.7 Å². The van der Waals surface area contributed by atoms with Gasteiger partial charge in [-0.1, -0.05) is 66.5 Å². The van der Waals surface area contributed by atoms with Gasteiger partial charge in [-0.15, -0.1) is 17.2 Å². The lowest BCUT2D eigenvalue weighted by atomic mass is 9.90. The highest BCUT2D eigenvalue weighted by molar-refractivity contribution is 7.99. The molecule has 2 N–H and O–H groups in total. The summed E-state index contributed by atoms with van der Waals surface area (Å²) in [6.07, 6.45) is 0.415. The lowest BCUT2D eigenvalue weighted by molar-refractivity contribution is -0.154. The van der Waals surface area contributed by atoms with E-state index in [1.54, 1.807) is 39.5 Å². The van der Waals surface area contributed by atoms with Crippen LogP contribution in [0.1, 0.15) is 62.1 Å². The molecule has 0 aromatic heterocycles. The molecule has 6 nitrogen and oxygen atoms in total. The van der Waals surface area contributed by atoms with Crippen LogP contribution in [0.2, 0.25) is 10.0 Å². The predicted molar refractivity (Wildman–Crippen MR) is 157 cm³/mol. The van der Waals surface area contributed by atoms with Crippen LogP contribution in [0.5, 0.6) is 0 Å². The van der Waals surface area contributed by atoms with Crippen molar-refractivity contribution in [3.05, 3.63) is 93.5 Å². The number of ether oxygens (including phenoxy) is 1. The summed E-state index contributed by atoms with van der Waals surface area (Å²) in [6, 6.07) is 22.0. The van der Waals surface area contributed by atoms with Crippen LogP contribution in [-0.4, -0.2) is 17.7 Å². The summed E-state index contributed by atoms with van der Waals surface area (Å²) in [5, 5.41) is 5.02. The first-order valence-electron chi connectivity index (χ1n) is 12.7. The van der Waals surface area contributed by atoms with Crippen molar-refractivity contribution >= 4 is 52.7 Å². The Morgan fingerprint density at radius 1 is 1.05 bits per heavy atom. The van der Waals surface area contributed by atoms with E-state index >= 15 is 0 Å². The molecule has 4 rings (SSSR count). The molecule has 2 unspecified atom stereocenters. The molecule has 0 saturated heterocycles. The van der Waals surface area contributed by atoms with E-state index in [0.717, 1.165) is 33.7 Å². The molecular weight excluding hydrogens is 555 g/mol. The third kappa shape index (κ3) is 7.84. The number of halogens is 2. The minimum atomic E-state index is -0.808. The van der Waals surface area contributed by atoms with Gasteiger partial charge >= 0.3 is 12.1 Å². The maximum atomic E-state index is 12.5. The highest BCUT2D eigenvalue weighted by atomic mass is 35.5. The molecule has 0 bridgehead atoms. The molecule has 0 saturated carbocycles. The quantitative estimate of drug-likeness (QED) is 0.282. The molecule has 39 heavy (non-hydrogen) atoms. The van der Waals surface area contributed by atoms with Gasteiger partial charge in [-0.3, -0.25) is 0 Å². The molecule has 1 aliphatic rings. The normalized spacial score (nSPS) is 17.4. The Balaban J connectivity index is 1.53. The van der Waals surface area contributed by atoms with E-state index in [1.807, 2.05) is 48.5 Å². The van der Waals surface area contributed by atoms with Crippen LogP contribution in [0.15, 0.2) is 71.6 Å². The molecule has 206 valence electrons. The number of carbonyl (C=O) groups is 2. The molecule has 0 fully saturated rings. The Labute approximate surface area is 243 Å². The van der Waals surface area contributed by atoms with Crippen molar-refractivity contribution in [1.82, 2.24) is 5.48 Å². The van der Waals surface area contributed by atoms with E-state index in [0.29, 0.717) is 16.5 Å². The molecule has 0 radical (unpaired) electrons. The van der Waals surface area contributed by atoms with Crippen LogP contribution in [0.25, 0.3) is 0 Å². The smallest absolute Gasteiger partial charge is 0.441 e. The Hall–Kier alpha value is -2.87. The fourth-order valence-corrected chi connectivity index (χ4v) is 6.38. The van der Waals surface area contributed by atoms with Crippen LogP contribution < -0.4 is 10.8 Å². The van der Waals surface area contributed by atoms with Crippen molar-refractivity contribution in [2.45, 2.75) is 62.3 Å². The lowest BCUT2D eigenvalue weighted by Gasteiger charge is -2.34. The Morgan fingerprint density at radius 3 is 2.41 bits per heavy atom. The summed E-state index contributed by atoms with van der Waals surface area (Å²) < 4.78 is 5.11. The van der Waals surface area contributed by atoms with E-state index in [1.165, 1.54) is 0 Å². The van der Waals surface area contributed by atoms with E-state index in [9.17, 15) is 9.59 Å². The number of hydroxylamine groups is 1. The number of thioether (sulfide) groups is 1. The highest BCUT2D eigenvalue weighted by Gasteiger charge is 2.31. The largest absolute Gasteiger partial charge is 0.442 e. The number of fused-ring (bicyclic) bond motifs is 1. The van der Waals surface area contributed by atoms with Crippen molar-refractivity contribution in [1.29, 1.82) is 0 Å². The van der Waals surface area contributed by atoms with Gasteiger partial charge in [0.1, 0.15) is 5.60 Å². The molecule has 1 amide bonds.